The van der Waals surface area contributed by atoms with Crippen molar-refractivity contribution < 1.29 is 4.79 Å². The molecule has 27 heavy (non-hydrogen) atoms. The van der Waals surface area contributed by atoms with E-state index in [2.05, 4.69) is 33.9 Å². The summed E-state index contributed by atoms with van der Waals surface area (Å²) in [6, 6.07) is 14.1. The van der Waals surface area contributed by atoms with E-state index in [1.165, 1.54) is 12.8 Å². The number of H-pyrrole nitrogens is 1. The number of unbranched alkanes of at least 4 members (excludes halogenated alkanes) is 1. The van der Waals surface area contributed by atoms with Gasteiger partial charge in [0.1, 0.15) is 0 Å². The molecular weight excluding hydrogens is 336 g/mol. The van der Waals surface area contributed by atoms with Crippen molar-refractivity contribution in [3.05, 3.63) is 54.4 Å². The first kappa shape index (κ1) is 17.7. The zero-order chi connectivity index (χ0) is 18.6. The molecule has 2 aromatic carbocycles. The fourth-order valence-electron chi connectivity index (χ4n) is 3.66. The van der Waals surface area contributed by atoms with Crippen LogP contribution in [0.25, 0.3) is 22.2 Å². The molecule has 2 heterocycles. The third-order valence-electron chi connectivity index (χ3n) is 5.37. The van der Waals surface area contributed by atoms with Gasteiger partial charge in [-0.1, -0.05) is 31.5 Å². The fourth-order valence-corrected chi connectivity index (χ4v) is 3.66. The number of hydrogen-bond acceptors (Lipinski definition) is 3. The Balaban J connectivity index is 1.42. The van der Waals surface area contributed by atoms with Crippen molar-refractivity contribution in [1.29, 1.82) is 0 Å². The van der Waals surface area contributed by atoms with Crippen LogP contribution in [0, 0.1) is 0 Å². The number of carbonyl (C=O) groups is 1. The van der Waals surface area contributed by atoms with Crippen LogP contribution in [0.3, 0.4) is 0 Å². The molecule has 0 atom stereocenters. The van der Waals surface area contributed by atoms with Crippen LogP contribution < -0.4 is 0 Å². The molecule has 4 rings (SSSR count). The van der Waals surface area contributed by atoms with Crippen LogP contribution in [0.1, 0.15) is 30.1 Å². The number of fused-ring (bicyclic) bond motifs is 1. The van der Waals surface area contributed by atoms with Crippen molar-refractivity contribution in [3.63, 3.8) is 0 Å². The van der Waals surface area contributed by atoms with E-state index < -0.39 is 0 Å². The Morgan fingerprint density at radius 1 is 1.04 bits per heavy atom. The van der Waals surface area contributed by atoms with E-state index in [-0.39, 0.29) is 5.91 Å². The third-order valence-corrected chi connectivity index (χ3v) is 5.37. The number of hydrogen-bond donors (Lipinski definition) is 1. The van der Waals surface area contributed by atoms with Crippen LogP contribution in [-0.2, 0) is 0 Å². The van der Waals surface area contributed by atoms with E-state index in [4.69, 9.17) is 0 Å². The summed E-state index contributed by atoms with van der Waals surface area (Å²) in [6.07, 6.45) is 4.16. The molecule has 5 nitrogen and oxygen atoms in total. The maximum atomic E-state index is 12.8. The van der Waals surface area contributed by atoms with Gasteiger partial charge in [0, 0.05) is 31.7 Å². The fraction of sp³-hybridized carbons (Fsp3) is 0.364. The quantitative estimate of drug-likeness (QED) is 0.751. The Morgan fingerprint density at radius 3 is 2.52 bits per heavy atom. The van der Waals surface area contributed by atoms with Crippen LogP contribution in [0.2, 0.25) is 0 Å². The monoisotopic (exact) mass is 362 g/mol. The number of nitrogens with one attached hydrogen (secondary N) is 1. The van der Waals surface area contributed by atoms with Crippen molar-refractivity contribution >= 4 is 16.9 Å². The SMILES string of the molecule is CCCCN1CCN(C(=O)c2ccc(-c3ccc4nc[nH]c4c3)cc2)CC1. The van der Waals surface area contributed by atoms with Gasteiger partial charge in [-0.2, -0.15) is 0 Å². The van der Waals surface area contributed by atoms with Gasteiger partial charge < -0.3 is 9.88 Å². The molecule has 1 aromatic heterocycles. The van der Waals surface area contributed by atoms with Gasteiger partial charge in [0.15, 0.2) is 0 Å². The summed E-state index contributed by atoms with van der Waals surface area (Å²) in [6.45, 7) is 6.97. The minimum atomic E-state index is 0.140. The van der Waals surface area contributed by atoms with Gasteiger partial charge in [0.25, 0.3) is 5.91 Å². The first-order chi connectivity index (χ1) is 13.2. The number of rotatable bonds is 5. The maximum absolute atomic E-state index is 12.8. The predicted octanol–water partition coefficient (Wildman–Crippen LogP) is 3.79. The van der Waals surface area contributed by atoms with Gasteiger partial charge in [-0.3, -0.25) is 9.69 Å². The molecule has 0 saturated carbocycles. The number of piperazine rings is 1. The molecule has 1 saturated heterocycles. The predicted molar refractivity (Wildman–Crippen MR) is 109 cm³/mol. The molecular formula is C22H26N4O. The van der Waals surface area contributed by atoms with Gasteiger partial charge >= 0.3 is 0 Å². The highest BCUT2D eigenvalue weighted by atomic mass is 16.2. The lowest BCUT2D eigenvalue weighted by atomic mass is 10.0. The molecule has 1 aliphatic heterocycles. The van der Waals surface area contributed by atoms with Gasteiger partial charge in [0.05, 0.1) is 17.4 Å². The summed E-state index contributed by atoms with van der Waals surface area (Å²) in [5, 5.41) is 0. The molecule has 3 aromatic rings. The molecule has 0 spiro atoms. The number of benzene rings is 2. The van der Waals surface area contributed by atoms with E-state index in [0.717, 1.165) is 60.4 Å². The standard InChI is InChI=1S/C22H26N4O/c1-2-3-10-25-11-13-26(14-12-25)22(27)18-6-4-17(5-7-18)19-8-9-20-21(15-19)24-16-23-20/h4-9,15-16H,2-3,10-14H2,1H3,(H,23,24). The van der Waals surface area contributed by atoms with Gasteiger partial charge in [-0.15, -0.1) is 0 Å². The second-order valence-corrected chi connectivity index (χ2v) is 7.20. The Bertz CT molecular complexity index is 907. The summed E-state index contributed by atoms with van der Waals surface area (Å²) < 4.78 is 0. The van der Waals surface area contributed by atoms with Crippen molar-refractivity contribution in [2.75, 3.05) is 32.7 Å². The Labute approximate surface area is 160 Å². The number of aromatic nitrogens is 2. The topological polar surface area (TPSA) is 52.2 Å². The normalized spacial score (nSPS) is 15.4. The molecule has 1 aliphatic rings. The third kappa shape index (κ3) is 3.88. The lowest BCUT2D eigenvalue weighted by Gasteiger charge is -2.34. The number of amides is 1. The summed E-state index contributed by atoms with van der Waals surface area (Å²) in [7, 11) is 0. The highest BCUT2D eigenvalue weighted by molar-refractivity contribution is 5.95. The second-order valence-electron chi connectivity index (χ2n) is 7.20. The van der Waals surface area contributed by atoms with Crippen molar-refractivity contribution in [2.45, 2.75) is 19.8 Å². The van der Waals surface area contributed by atoms with Gasteiger partial charge in [-0.05, 0) is 48.4 Å². The molecule has 0 aliphatic carbocycles. The first-order valence-electron chi connectivity index (χ1n) is 9.80. The smallest absolute Gasteiger partial charge is 0.253 e. The molecule has 5 heteroatoms. The van der Waals surface area contributed by atoms with Gasteiger partial charge in [0.2, 0.25) is 0 Å². The maximum Gasteiger partial charge on any atom is 0.253 e. The average Bonchev–Trinajstić information content (AvgIpc) is 3.20. The van der Waals surface area contributed by atoms with Crippen molar-refractivity contribution in [2.24, 2.45) is 0 Å². The Morgan fingerprint density at radius 2 is 1.78 bits per heavy atom. The van der Waals surface area contributed by atoms with Gasteiger partial charge in [-0.25, -0.2) is 4.98 Å². The van der Waals surface area contributed by atoms with Crippen molar-refractivity contribution in [1.82, 2.24) is 19.8 Å². The molecule has 0 unspecified atom stereocenters. The molecule has 0 radical (unpaired) electrons. The van der Waals surface area contributed by atoms with E-state index in [9.17, 15) is 4.79 Å². The highest BCUT2D eigenvalue weighted by Crippen LogP contribution is 2.23. The summed E-state index contributed by atoms with van der Waals surface area (Å²) in [5.41, 5.74) is 4.98. The molecule has 140 valence electrons. The number of aromatic amines is 1. The van der Waals surface area contributed by atoms with Crippen LogP contribution >= 0.6 is 0 Å². The lowest BCUT2D eigenvalue weighted by molar-refractivity contribution is 0.0636. The zero-order valence-corrected chi connectivity index (χ0v) is 15.8. The van der Waals surface area contributed by atoms with E-state index in [1.807, 2.05) is 35.2 Å². The number of carbonyl (C=O) groups excluding carboxylic acids is 1. The van der Waals surface area contributed by atoms with Crippen LogP contribution in [0.15, 0.2) is 48.8 Å². The van der Waals surface area contributed by atoms with E-state index in [0.29, 0.717) is 0 Å². The Kier molecular flexibility index (Phi) is 5.21. The van der Waals surface area contributed by atoms with E-state index in [1.54, 1.807) is 6.33 Å². The first-order valence-corrected chi connectivity index (χ1v) is 9.80. The van der Waals surface area contributed by atoms with E-state index >= 15 is 0 Å². The minimum Gasteiger partial charge on any atom is -0.345 e. The summed E-state index contributed by atoms with van der Waals surface area (Å²) >= 11 is 0. The largest absolute Gasteiger partial charge is 0.345 e. The molecule has 1 N–H and O–H groups in total. The Hall–Kier alpha value is -2.66. The summed E-state index contributed by atoms with van der Waals surface area (Å²) in [4.78, 5) is 24.6. The zero-order valence-electron chi connectivity index (χ0n) is 15.8. The average molecular weight is 362 g/mol. The minimum absolute atomic E-state index is 0.140. The highest BCUT2D eigenvalue weighted by Gasteiger charge is 2.21. The number of imidazole rings is 1. The second kappa shape index (κ2) is 7.92. The summed E-state index contributed by atoms with van der Waals surface area (Å²) in [5.74, 6) is 0.140. The van der Waals surface area contributed by atoms with Crippen LogP contribution in [0.5, 0.6) is 0 Å². The lowest BCUT2D eigenvalue weighted by Crippen LogP contribution is -2.48. The molecule has 1 fully saturated rings. The van der Waals surface area contributed by atoms with Crippen molar-refractivity contribution in [3.8, 4) is 11.1 Å². The molecule has 1 amide bonds. The van der Waals surface area contributed by atoms with Crippen LogP contribution in [-0.4, -0.2) is 58.4 Å². The number of nitrogens with zero attached hydrogens (tertiary/aromatic N) is 3. The van der Waals surface area contributed by atoms with Crippen LogP contribution in [0.4, 0.5) is 0 Å². The molecule has 0 bridgehead atoms.